The number of aromatic nitrogens is 1. The lowest BCUT2D eigenvalue weighted by Gasteiger charge is -2.58. The van der Waals surface area contributed by atoms with Gasteiger partial charge >= 0.3 is 0 Å². The van der Waals surface area contributed by atoms with Crippen LogP contribution in [0, 0.1) is 28.6 Å². The summed E-state index contributed by atoms with van der Waals surface area (Å²) in [5, 5.41) is 2.56. The van der Waals surface area contributed by atoms with Crippen LogP contribution in [0.3, 0.4) is 0 Å². The Morgan fingerprint density at radius 3 is 2.59 bits per heavy atom. The number of pyridine rings is 1. The normalized spacial score (nSPS) is 38.7. The molecule has 2 nitrogen and oxygen atoms in total. The van der Waals surface area contributed by atoms with Crippen LogP contribution in [0.1, 0.15) is 64.4 Å². The van der Waals surface area contributed by atoms with E-state index in [-0.39, 0.29) is 0 Å². The van der Waals surface area contributed by atoms with E-state index < -0.39 is 0 Å². The summed E-state index contributed by atoms with van der Waals surface area (Å²) in [5.74, 6) is 2.51. The van der Waals surface area contributed by atoms with E-state index in [0.29, 0.717) is 10.8 Å². The van der Waals surface area contributed by atoms with Crippen LogP contribution >= 0.6 is 0 Å². The predicted octanol–water partition coefficient (Wildman–Crippen LogP) is 7.12. The third kappa shape index (κ3) is 2.91. The second-order valence-electron chi connectivity index (χ2n) is 11.9. The van der Waals surface area contributed by atoms with Gasteiger partial charge in [0.1, 0.15) is 0 Å². The standard InChI is InChI=1S/C30H38N2/c1-29-14-11-24(32(3)4)18-23(29)7-8-25-27-10-9-26(30(27,2)15-12-28(25)29)21-6-5-20-13-16-31-19-22(20)17-21/h5-7,9,13,16-17,19,24-25,27-28H,8,10-12,14-15,18H2,1-4H3/t24-,25-,27-,28-,29-,30+/m0/s1. The summed E-state index contributed by atoms with van der Waals surface area (Å²) >= 11 is 0. The maximum atomic E-state index is 4.37. The number of rotatable bonds is 2. The van der Waals surface area contributed by atoms with Crippen LogP contribution in [0.5, 0.6) is 0 Å². The summed E-state index contributed by atoms with van der Waals surface area (Å²) < 4.78 is 0. The first-order valence-corrected chi connectivity index (χ1v) is 12.8. The first kappa shape index (κ1) is 20.7. The number of hydrogen-bond donors (Lipinski definition) is 0. The van der Waals surface area contributed by atoms with Crippen LogP contribution in [-0.4, -0.2) is 30.0 Å². The van der Waals surface area contributed by atoms with Crippen molar-refractivity contribution in [3.05, 3.63) is 59.9 Å². The van der Waals surface area contributed by atoms with Crippen molar-refractivity contribution in [2.75, 3.05) is 14.1 Å². The van der Waals surface area contributed by atoms with E-state index in [1.807, 2.05) is 12.4 Å². The molecule has 2 aromatic rings. The van der Waals surface area contributed by atoms with E-state index in [0.717, 1.165) is 23.8 Å². The second-order valence-corrected chi connectivity index (χ2v) is 11.9. The number of hydrogen-bond acceptors (Lipinski definition) is 2. The lowest BCUT2D eigenvalue weighted by atomic mass is 9.47. The van der Waals surface area contributed by atoms with Crippen molar-refractivity contribution in [2.45, 2.75) is 64.8 Å². The molecule has 32 heavy (non-hydrogen) atoms. The first-order valence-electron chi connectivity index (χ1n) is 12.8. The molecule has 1 heterocycles. The summed E-state index contributed by atoms with van der Waals surface area (Å²) in [6.07, 6.45) is 18.6. The summed E-state index contributed by atoms with van der Waals surface area (Å²) in [5.41, 5.74) is 5.59. The summed E-state index contributed by atoms with van der Waals surface area (Å²) in [6.45, 7) is 5.22. The molecule has 6 atom stereocenters. The minimum absolute atomic E-state index is 0.319. The van der Waals surface area contributed by atoms with Crippen LogP contribution in [0.25, 0.3) is 16.3 Å². The highest BCUT2D eigenvalue weighted by molar-refractivity contribution is 5.86. The van der Waals surface area contributed by atoms with Gasteiger partial charge in [0.25, 0.3) is 0 Å². The molecule has 2 saturated carbocycles. The lowest BCUT2D eigenvalue weighted by molar-refractivity contribution is -0.0164. The molecule has 0 bridgehead atoms. The molecule has 0 spiro atoms. The fourth-order valence-corrected chi connectivity index (χ4v) is 8.35. The molecule has 0 aliphatic heterocycles. The third-order valence-electron chi connectivity index (χ3n) is 10.3. The molecule has 2 fully saturated rings. The number of fused-ring (bicyclic) bond motifs is 6. The Balaban J connectivity index is 1.31. The molecule has 0 amide bonds. The Morgan fingerprint density at radius 2 is 1.75 bits per heavy atom. The highest BCUT2D eigenvalue weighted by Gasteiger charge is 2.56. The molecule has 4 aliphatic rings. The molecule has 0 saturated heterocycles. The van der Waals surface area contributed by atoms with Gasteiger partial charge < -0.3 is 4.90 Å². The van der Waals surface area contributed by atoms with Gasteiger partial charge in [0.2, 0.25) is 0 Å². The average molecular weight is 427 g/mol. The quantitative estimate of drug-likeness (QED) is 0.475. The molecular weight excluding hydrogens is 388 g/mol. The maximum absolute atomic E-state index is 4.37. The second kappa shape index (κ2) is 7.29. The Hall–Kier alpha value is -1.93. The summed E-state index contributed by atoms with van der Waals surface area (Å²) in [7, 11) is 4.53. The molecule has 1 aromatic carbocycles. The van der Waals surface area contributed by atoms with Gasteiger partial charge in [0.05, 0.1) is 0 Å². The molecule has 0 radical (unpaired) electrons. The first-order chi connectivity index (χ1) is 15.4. The van der Waals surface area contributed by atoms with Crippen LogP contribution in [0.4, 0.5) is 0 Å². The minimum atomic E-state index is 0.319. The topological polar surface area (TPSA) is 16.1 Å². The monoisotopic (exact) mass is 426 g/mol. The van der Waals surface area contributed by atoms with Gasteiger partial charge in [0.15, 0.2) is 0 Å². The Kier molecular flexibility index (Phi) is 4.70. The van der Waals surface area contributed by atoms with E-state index in [1.54, 1.807) is 11.1 Å². The van der Waals surface area contributed by atoms with Crippen molar-refractivity contribution >= 4 is 16.3 Å². The molecule has 0 unspecified atom stereocenters. The third-order valence-corrected chi connectivity index (χ3v) is 10.3. The van der Waals surface area contributed by atoms with Gasteiger partial charge in [-0.15, -0.1) is 0 Å². The van der Waals surface area contributed by atoms with Crippen molar-refractivity contribution in [2.24, 2.45) is 28.6 Å². The molecule has 4 aliphatic carbocycles. The molecule has 0 N–H and O–H groups in total. The fourth-order valence-electron chi connectivity index (χ4n) is 8.35. The predicted molar refractivity (Wildman–Crippen MR) is 134 cm³/mol. The zero-order valence-electron chi connectivity index (χ0n) is 20.3. The smallest absolute Gasteiger partial charge is 0.0346 e. The van der Waals surface area contributed by atoms with Crippen molar-refractivity contribution < 1.29 is 0 Å². The zero-order valence-corrected chi connectivity index (χ0v) is 20.3. The van der Waals surface area contributed by atoms with Crippen molar-refractivity contribution in [3.63, 3.8) is 0 Å². The minimum Gasteiger partial charge on any atom is -0.306 e. The van der Waals surface area contributed by atoms with E-state index in [1.165, 1.54) is 61.3 Å². The highest BCUT2D eigenvalue weighted by Crippen LogP contribution is 2.66. The Bertz CT molecular complexity index is 1110. The Morgan fingerprint density at radius 1 is 0.906 bits per heavy atom. The van der Waals surface area contributed by atoms with Gasteiger partial charge in [-0.25, -0.2) is 0 Å². The fraction of sp³-hybridized carbons (Fsp3) is 0.567. The van der Waals surface area contributed by atoms with E-state index in [2.05, 4.69) is 74.2 Å². The molecule has 168 valence electrons. The van der Waals surface area contributed by atoms with Crippen LogP contribution in [0.15, 0.2) is 54.4 Å². The number of nitrogens with zero attached hydrogens (tertiary/aromatic N) is 2. The molecule has 6 rings (SSSR count). The van der Waals surface area contributed by atoms with Crippen LogP contribution < -0.4 is 0 Å². The van der Waals surface area contributed by atoms with Gasteiger partial charge in [-0.05, 0) is 116 Å². The highest BCUT2D eigenvalue weighted by atomic mass is 15.1. The summed E-state index contributed by atoms with van der Waals surface area (Å²) in [6, 6.07) is 9.89. The van der Waals surface area contributed by atoms with Crippen LogP contribution in [0.2, 0.25) is 0 Å². The van der Waals surface area contributed by atoms with Gasteiger partial charge in [0, 0.05) is 23.8 Å². The SMILES string of the molecule is CN(C)[C@H]1CC[C@@]2(C)C(=CC[C@@H]3[C@@H]2CC[C@]2(C)C(c4ccc5ccncc5c4)=CC[C@@H]32)C1. The lowest BCUT2D eigenvalue weighted by Crippen LogP contribution is -2.50. The largest absolute Gasteiger partial charge is 0.306 e. The van der Waals surface area contributed by atoms with E-state index in [4.69, 9.17) is 0 Å². The van der Waals surface area contributed by atoms with Crippen molar-refractivity contribution in [1.82, 2.24) is 9.88 Å². The van der Waals surface area contributed by atoms with Gasteiger partial charge in [-0.3, -0.25) is 4.98 Å². The zero-order chi connectivity index (χ0) is 22.1. The summed E-state index contributed by atoms with van der Waals surface area (Å²) in [4.78, 5) is 6.82. The Labute approximate surface area is 193 Å². The molecular formula is C30H38N2. The van der Waals surface area contributed by atoms with Crippen molar-refractivity contribution in [1.29, 1.82) is 0 Å². The average Bonchev–Trinajstić information content (AvgIpc) is 3.15. The number of benzene rings is 1. The number of allylic oxidation sites excluding steroid dienone is 3. The molecule has 1 aromatic heterocycles. The van der Waals surface area contributed by atoms with Gasteiger partial charge in [-0.1, -0.05) is 43.7 Å². The van der Waals surface area contributed by atoms with E-state index >= 15 is 0 Å². The maximum Gasteiger partial charge on any atom is 0.0346 e. The molecule has 2 heteroatoms. The van der Waals surface area contributed by atoms with E-state index in [9.17, 15) is 0 Å². The van der Waals surface area contributed by atoms with Crippen LogP contribution in [-0.2, 0) is 0 Å². The van der Waals surface area contributed by atoms with Crippen molar-refractivity contribution in [3.8, 4) is 0 Å². The van der Waals surface area contributed by atoms with Gasteiger partial charge in [-0.2, -0.15) is 0 Å².